The number of sulfonamides is 1. The monoisotopic (exact) mass is 462 g/mol. The van der Waals surface area contributed by atoms with Crippen LogP contribution in [0.1, 0.15) is 6.92 Å². The maximum Gasteiger partial charge on any atom is 0.249 e. The van der Waals surface area contributed by atoms with Gasteiger partial charge < -0.3 is 9.47 Å². The molecule has 1 amide bonds. The van der Waals surface area contributed by atoms with Gasteiger partial charge in [-0.25, -0.2) is 8.42 Å². The summed E-state index contributed by atoms with van der Waals surface area (Å²) in [5.41, 5.74) is 1.06. The van der Waals surface area contributed by atoms with E-state index in [1.54, 1.807) is 12.1 Å². The van der Waals surface area contributed by atoms with Crippen molar-refractivity contribution in [3.63, 3.8) is 0 Å². The van der Waals surface area contributed by atoms with Crippen molar-refractivity contribution in [3.8, 4) is 22.1 Å². The lowest BCUT2D eigenvalue weighted by Crippen LogP contribution is -2.45. The highest BCUT2D eigenvalue weighted by molar-refractivity contribution is 7.92. The van der Waals surface area contributed by atoms with Crippen LogP contribution in [0.3, 0.4) is 0 Å². The van der Waals surface area contributed by atoms with E-state index in [2.05, 4.69) is 15.5 Å². The second-order valence-corrected chi connectivity index (χ2v) is 9.38. The third-order valence-corrected chi connectivity index (χ3v) is 6.50. The lowest BCUT2D eigenvalue weighted by molar-refractivity contribution is -0.116. The normalized spacial score (nSPS) is 12.1. The molecule has 0 fully saturated rings. The summed E-state index contributed by atoms with van der Waals surface area (Å²) in [4.78, 5) is 12.9. The minimum Gasteiger partial charge on any atom is -0.497 e. The smallest absolute Gasteiger partial charge is 0.249 e. The molecule has 0 aliphatic rings. The van der Waals surface area contributed by atoms with E-state index in [0.717, 1.165) is 16.1 Å². The molecule has 0 unspecified atom stereocenters. The molecule has 0 radical (unpaired) electrons. The molecule has 3 rings (SSSR count). The highest BCUT2D eigenvalue weighted by atomic mass is 32.2. The van der Waals surface area contributed by atoms with Crippen molar-refractivity contribution in [2.45, 2.75) is 13.0 Å². The number of carbonyl (C=O) groups is 1. The van der Waals surface area contributed by atoms with Crippen molar-refractivity contribution in [3.05, 3.63) is 48.5 Å². The Morgan fingerprint density at radius 3 is 2.42 bits per heavy atom. The van der Waals surface area contributed by atoms with Gasteiger partial charge in [0.25, 0.3) is 0 Å². The summed E-state index contributed by atoms with van der Waals surface area (Å²) >= 11 is 1.19. The number of amides is 1. The quantitative estimate of drug-likeness (QED) is 0.548. The minimum absolute atomic E-state index is 0.189. The van der Waals surface area contributed by atoms with Crippen LogP contribution >= 0.6 is 11.3 Å². The third-order valence-electron chi connectivity index (χ3n) is 4.39. The number of hydrogen-bond acceptors (Lipinski definition) is 8. The zero-order chi connectivity index (χ0) is 22.6. The fourth-order valence-electron chi connectivity index (χ4n) is 2.93. The van der Waals surface area contributed by atoms with Crippen LogP contribution in [0.4, 0.5) is 10.8 Å². The lowest BCUT2D eigenvalue weighted by atomic mass is 10.2. The molecule has 31 heavy (non-hydrogen) atoms. The van der Waals surface area contributed by atoms with E-state index in [1.165, 1.54) is 38.5 Å². The second-order valence-electron chi connectivity index (χ2n) is 6.54. The average Bonchev–Trinajstić information content (AvgIpc) is 3.21. The maximum atomic E-state index is 12.9. The summed E-state index contributed by atoms with van der Waals surface area (Å²) in [7, 11) is -0.961. The first kappa shape index (κ1) is 22.5. The van der Waals surface area contributed by atoms with Crippen molar-refractivity contribution in [2.75, 3.05) is 30.1 Å². The van der Waals surface area contributed by atoms with E-state index in [9.17, 15) is 13.2 Å². The van der Waals surface area contributed by atoms with Crippen molar-refractivity contribution in [1.82, 2.24) is 10.2 Å². The Morgan fingerprint density at radius 1 is 1.10 bits per heavy atom. The van der Waals surface area contributed by atoms with Gasteiger partial charge in [0.15, 0.2) is 0 Å². The highest BCUT2D eigenvalue weighted by Gasteiger charge is 2.32. The Hall–Kier alpha value is -3.18. The van der Waals surface area contributed by atoms with E-state index < -0.39 is 22.0 Å². The molecular formula is C20H22N4O5S2. The molecule has 1 atom stereocenters. The van der Waals surface area contributed by atoms with Crippen molar-refractivity contribution in [2.24, 2.45) is 0 Å². The molecule has 164 valence electrons. The molecule has 1 N–H and O–H groups in total. The molecule has 0 spiro atoms. The molecule has 11 heteroatoms. The predicted octanol–water partition coefficient (Wildman–Crippen LogP) is 3.02. The van der Waals surface area contributed by atoms with Gasteiger partial charge in [-0.15, -0.1) is 10.2 Å². The summed E-state index contributed by atoms with van der Waals surface area (Å²) in [5, 5.41) is 11.6. The van der Waals surface area contributed by atoms with Crippen LogP contribution in [0.25, 0.3) is 10.6 Å². The number of benzene rings is 2. The first-order chi connectivity index (χ1) is 14.7. The molecule has 0 bridgehead atoms. The van der Waals surface area contributed by atoms with Crippen LogP contribution in [0.5, 0.6) is 11.5 Å². The fraction of sp³-hybridized carbons (Fsp3) is 0.250. The molecule has 1 aromatic heterocycles. The van der Waals surface area contributed by atoms with Gasteiger partial charge >= 0.3 is 0 Å². The second kappa shape index (κ2) is 9.31. The van der Waals surface area contributed by atoms with E-state index >= 15 is 0 Å². The van der Waals surface area contributed by atoms with E-state index in [1.807, 2.05) is 30.3 Å². The Labute approximate surface area is 184 Å². The van der Waals surface area contributed by atoms with E-state index in [0.29, 0.717) is 10.8 Å². The minimum atomic E-state index is -3.85. The van der Waals surface area contributed by atoms with Crippen LogP contribution in [-0.4, -0.2) is 51.0 Å². The summed E-state index contributed by atoms with van der Waals surface area (Å²) in [6, 6.07) is 13.0. The van der Waals surface area contributed by atoms with Crippen LogP contribution in [0.2, 0.25) is 0 Å². The summed E-state index contributed by atoms with van der Waals surface area (Å²) in [5.74, 6) is 0.146. The Morgan fingerprint density at radius 2 is 1.81 bits per heavy atom. The van der Waals surface area contributed by atoms with Crippen LogP contribution in [0, 0.1) is 0 Å². The van der Waals surface area contributed by atoms with Crippen molar-refractivity contribution >= 4 is 38.1 Å². The van der Waals surface area contributed by atoms with E-state index in [-0.39, 0.29) is 16.6 Å². The Bertz CT molecular complexity index is 1170. The van der Waals surface area contributed by atoms with Crippen LogP contribution in [0.15, 0.2) is 48.5 Å². The van der Waals surface area contributed by atoms with Gasteiger partial charge in [-0.05, 0) is 19.1 Å². The number of hydrogen-bond donors (Lipinski definition) is 1. The molecule has 0 saturated carbocycles. The number of nitrogens with one attached hydrogen (secondary N) is 1. The van der Waals surface area contributed by atoms with Crippen molar-refractivity contribution < 1.29 is 22.7 Å². The van der Waals surface area contributed by atoms with Gasteiger partial charge in [0.1, 0.15) is 22.5 Å². The molecule has 0 aliphatic carbocycles. The molecule has 0 aliphatic heterocycles. The first-order valence-corrected chi connectivity index (χ1v) is 11.8. The summed E-state index contributed by atoms with van der Waals surface area (Å²) < 4.78 is 36.7. The van der Waals surface area contributed by atoms with Crippen LogP contribution < -0.4 is 19.1 Å². The molecule has 1 heterocycles. The molecule has 2 aromatic carbocycles. The summed E-state index contributed by atoms with van der Waals surface area (Å²) in [6.45, 7) is 1.48. The zero-order valence-corrected chi connectivity index (χ0v) is 19.0. The Balaban J connectivity index is 1.89. The number of anilines is 2. The van der Waals surface area contributed by atoms with Gasteiger partial charge in [-0.1, -0.05) is 41.7 Å². The molecular weight excluding hydrogens is 440 g/mol. The number of aromatic nitrogens is 2. The maximum absolute atomic E-state index is 12.9. The standard InChI is InChI=1S/C20H22N4O5S2/c1-13(18(25)21-20-23-22-19(30-20)14-8-6-5-7-9-14)24(31(4,26)27)16-12-15(28-2)10-11-17(16)29-3/h5-13H,1-4H3,(H,21,23,25)/t13-/m1/s1. The fourth-order valence-corrected chi connectivity index (χ4v) is 4.85. The zero-order valence-electron chi connectivity index (χ0n) is 17.4. The number of ether oxygens (including phenoxy) is 2. The van der Waals surface area contributed by atoms with Gasteiger partial charge in [-0.2, -0.15) is 0 Å². The predicted molar refractivity (Wildman–Crippen MR) is 120 cm³/mol. The van der Waals surface area contributed by atoms with Gasteiger partial charge in [0.2, 0.25) is 21.1 Å². The molecule has 3 aromatic rings. The SMILES string of the molecule is COc1ccc(OC)c(N([C@H](C)C(=O)Nc2nnc(-c3ccccc3)s2)S(C)(=O)=O)c1. The number of carbonyl (C=O) groups excluding carboxylic acids is 1. The first-order valence-electron chi connectivity index (χ1n) is 9.16. The number of rotatable bonds is 8. The van der Waals surface area contributed by atoms with Gasteiger partial charge in [-0.3, -0.25) is 14.4 Å². The average molecular weight is 463 g/mol. The highest BCUT2D eigenvalue weighted by Crippen LogP contribution is 2.35. The van der Waals surface area contributed by atoms with Gasteiger partial charge in [0.05, 0.1) is 26.2 Å². The largest absolute Gasteiger partial charge is 0.497 e. The molecule has 9 nitrogen and oxygen atoms in total. The third kappa shape index (κ3) is 5.12. The van der Waals surface area contributed by atoms with Crippen molar-refractivity contribution in [1.29, 1.82) is 0 Å². The topological polar surface area (TPSA) is 111 Å². The number of methoxy groups -OCH3 is 2. The van der Waals surface area contributed by atoms with Gasteiger partial charge in [0, 0.05) is 11.6 Å². The molecule has 0 saturated heterocycles. The summed E-state index contributed by atoms with van der Waals surface area (Å²) in [6.07, 6.45) is 1.02. The van der Waals surface area contributed by atoms with E-state index in [4.69, 9.17) is 9.47 Å². The van der Waals surface area contributed by atoms with Crippen LogP contribution in [-0.2, 0) is 14.8 Å². The lowest BCUT2D eigenvalue weighted by Gasteiger charge is -2.29. The number of nitrogens with zero attached hydrogens (tertiary/aromatic N) is 3. The Kier molecular flexibility index (Phi) is 6.76.